The maximum absolute atomic E-state index is 11.7. The molecule has 0 radical (unpaired) electrons. The molecule has 0 heterocycles. The highest BCUT2D eigenvalue weighted by atomic mass is 16.5. The van der Waals surface area contributed by atoms with Gasteiger partial charge in [-0.15, -0.1) is 0 Å². The standard InChI is InChI=1S/C13H17NO3/c1-9(2)13(16)17-10(3)12(15)14-11-7-5-4-6-8-11/h4-10H,1-3H3,(H,14,15)/t10-/m0/s1. The van der Waals surface area contributed by atoms with Crippen LogP contribution >= 0.6 is 0 Å². The molecule has 1 aromatic rings. The summed E-state index contributed by atoms with van der Waals surface area (Å²) in [4.78, 5) is 23.0. The third-order valence-corrected chi connectivity index (χ3v) is 2.17. The van der Waals surface area contributed by atoms with Gasteiger partial charge in [0.15, 0.2) is 6.10 Å². The van der Waals surface area contributed by atoms with Crippen LogP contribution < -0.4 is 5.32 Å². The van der Waals surface area contributed by atoms with E-state index in [0.717, 1.165) is 0 Å². The van der Waals surface area contributed by atoms with Crippen LogP contribution in [0.2, 0.25) is 0 Å². The van der Waals surface area contributed by atoms with Crippen molar-refractivity contribution in [3.8, 4) is 0 Å². The van der Waals surface area contributed by atoms with Crippen LogP contribution in [-0.4, -0.2) is 18.0 Å². The number of esters is 1. The predicted molar refractivity (Wildman–Crippen MR) is 65.5 cm³/mol. The van der Waals surface area contributed by atoms with Crippen molar-refractivity contribution in [3.05, 3.63) is 30.3 Å². The Morgan fingerprint density at radius 1 is 1.12 bits per heavy atom. The molecule has 1 amide bonds. The number of para-hydroxylation sites is 1. The van der Waals surface area contributed by atoms with E-state index >= 15 is 0 Å². The van der Waals surface area contributed by atoms with Crippen LogP contribution in [0.25, 0.3) is 0 Å². The number of benzene rings is 1. The van der Waals surface area contributed by atoms with E-state index in [-0.39, 0.29) is 17.8 Å². The Hall–Kier alpha value is -1.84. The zero-order chi connectivity index (χ0) is 12.8. The number of carbonyl (C=O) groups is 2. The number of rotatable bonds is 4. The molecule has 0 aromatic heterocycles. The minimum atomic E-state index is -0.787. The minimum absolute atomic E-state index is 0.234. The molecule has 0 saturated carbocycles. The molecular formula is C13H17NO3. The van der Waals surface area contributed by atoms with E-state index in [2.05, 4.69) is 5.32 Å². The van der Waals surface area contributed by atoms with Gasteiger partial charge in [0.2, 0.25) is 0 Å². The molecule has 1 aromatic carbocycles. The third-order valence-electron chi connectivity index (χ3n) is 2.17. The number of hydrogen-bond acceptors (Lipinski definition) is 3. The maximum atomic E-state index is 11.7. The summed E-state index contributed by atoms with van der Waals surface area (Å²) >= 11 is 0. The van der Waals surface area contributed by atoms with Gasteiger partial charge in [0, 0.05) is 5.69 Å². The van der Waals surface area contributed by atoms with E-state index < -0.39 is 6.10 Å². The summed E-state index contributed by atoms with van der Waals surface area (Å²) in [5, 5.41) is 2.67. The minimum Gasteiger partial charge on any atom is -0.452 e. The first kappa shape index (κ1) is 13.2. The largest absolute Gasteiger partial charge is 0.452 e. The fraction of sp³-hybridized carbons (Fsp3) is 0.385. The van der Waals surface area contributed by atoms with Crippen LogP contribution in [0.15, 0.2) is 30.3 Å². The van der Waals surface area contributed by atoms with Crippen molar-refractivity contribution in [1.82, 2.24) is 0 Å². The zero-order valence-corrected chi connectivity index (χ0v) is 10.3. The molecule has 0 aliphatic heterocycles. The molecule has 0 aliphatic carbocycles. The van der Waals surface area contributed by atoms with Crippen LogP contribution in [0.1, 0.15) is 20.8 Å². The summed E-state index contributed by atoms with van der Waals surface area (Å²) in [6, 6.07) is 9.04. The van der Waals surface area contributed by atoms with E-state index in [1.54, 1.807) is 32.9 Å². The molecule has 0 fully saturated rings. The molecule has 0 bridgehead atoms. The van der Waals surface area contributed by atoms with Crippen LogP contribution in [0, 0.1) is 5.92 Å². The highest BCUT2D eigenvalue weighted by Gasteiger charge is 2.19. The fourth-order valence-corrected chi connectivity index (χ4v) is 1.13. The average molecular weight is 235 g/mol. The number of hydrogen-bond donors (Lipinski definition) is 1. The van der Waals surface area contributed by atoms with Crippen LogP contribution in [-0.2, 0) is 14.3 Å². The lowest BCUT2D eigenvalue weighted by Gasteiger charge is -2.14. The Balaban J connectivity index is 2.51. The van der Waals surface area contributed by atoms with Gasteiger partial charge in [-0.1, -0.05) is 32.0 Å². The van der Waals surface area contributed by atoms with E-state index in [1.165, 1.54) is 0 Å². The second-order valence-corrected chi connectivity index (χ2v) is 4.09. The highest BCUT2D eigenvalue weighted by molar-refractivity contribution is 5.95. The van der Waals surface area contributed by atoms with Crippen molar-refractivity contribution in [2.45, 2.75) is 26.9 Å². The second-order valence-electron chi connectivity index (χ2n) is 4.09. The normalized spacial score (nSPS) is 12.0. The van der Waals surface area contributed by atoms with E-state index in [4.69, 9.17) is 4.74 Å². The van der Waals surface area contributed by atoms with Crippen LogP contribution in [0.5, 0.6) is 0 Å². The maximum Gasteiger partial charge on any atom is 0.309 e. The van der Waals surface area contributed by atoms with E-state index in [0.29, 0.717) is 5.69 Å². The Labute approximate surface area is 101 Å². The first-order valence-electron chi connectivity index (χ1n) is 5.57. The number of carbonyl (C=O) groups excluding carboxylic acids is 2. The molecule has 17 heavy (non-hydrogen) atoms. The molecule has 0 aliphatic rings. The fourth-order valence-electron chi connectivity index (χ4n) is 1.13. The quantitative estimate of drug-likeness (QED) is 0.814. The van der Waals surface area contributed by atoms with Gasteiger partial charge in [0.25, 0.3) is 5.91 Å². The summed E-state index contributed by atoms with van der Waals surface area (Å²) < 4.78 is 4.99. The van der Waals surface area contributed by atoms with Gasteiger partial charge in [-0.05, 0) is 19.1 Å². The summed E-state index contributed by atoms with van der Waals surface area (Å²) in [6.07, 6.45) is -0.787. The molecule has 92 valence electrons. The van der Waals surface area contributed by atoms with E-state index in [9.17, 15) is 9.59 Å². The van der Waals surface area contributed by atoms with Gasteiger partial charge >= 0.3 is 5.97 Å². The van der Waals surface area contributed by atoms with Gasteiger partial charge in [0.1, 0.15) is 0 Å². The molecule has 0 saturated heterocycles. The van der Waals surface area contributed by atoms with Crippen molar-refractivity contribution in [3.63, 3.8) is 0 Å². The molecule has 0 spiro atoms. The molecule has 1 rings (SSSR count). The number of anilines is 1. The van der Waals surface area contributed by atoms with Crippen LogP contribution in [0.3, 0.4) is 0 Å². The summed E-state index contributed by atoms with van der Waals surface area (Å²) in [5.41, 5.74) is 0.685. The first-order chi connectivity index (χ1) is 8.00. The third kappa shape index (κ3) is 4.26. The van der Waals surface area contributed by atoms with Crippen molar-refractivity contribution in [1.29, 1.82) is 0 Å². The molecule has 4 nitrogen and oxygen atoms in total. The molecular weight excluding hydrogens is 218 g/mol. The lowest BCUT2D eigenvalue weighted by atomic mass is 10.2. The Bertz CT molecular complexity index is 387. The van der Waals surface area contributed by atoms with Crippen molar-refractivity contribution < 1.29 is 14.3 Å². The van der Waals surface area contributed by atoms with E-state index in [1.807, 2.05) is 18.2 Å². The molecule has 1 N–H and O–H groups in total. The highest BCUT2D eigenvalue weighted by Crippen LogP contribution is 2.07. The zero-order valence-electron chi connectivity index (χ0n) is 10.3. The smallest absolute Gasteiger partial charge is 0.309 e. The summed E-state index contributed by atoms with van der Waals surface area (Å²) in [6.45, 7) is 5.01. The molecule has 0 unspecified atom stereocenters. The van der Waals surface area contributed by atoms with Gasteiger partial charge in [-0.3, -0.25) is 9.59 Å². The van der Waals surface area contributed by atoms with Crippen molar-refractivity contribution >= 4 is 17.6 Å². The Morgan fingerprint density at radius 3 is 2.24 bits per heavy atom. The topological polar surface area (TPSA) is 55.4 Å². The van der Waals surface area contributed by atoms with Gasteiger partial charge in [-0.2, -0.15) is 0 Å². The van der Waals surface area contributed by atoms with Gasteiger partial charge in [-0.25, -0.2) is 0 Å². The van der Waals surface area contributed by atoms with Gasteiger partial charge in [0.05, 0.1) is 5.92 Å². The monoisotopic (exact) mass is 235 g/mol. The number of amides is 1. The number of ether oxygens (including phenoxy) is 1. The van der Waals surface area contributed by atoms with Crippen molar-refractivity contribution in [2.24, 2.45) is 5.92 Å². The first-order valence-corrected chi connectivity index (χ1v) is 5.57. The Kier molecular flexibility index (Phi) is 4.69. The number of nitrogens with one attached hydrogen (secondary N) is 1. The second kappa shape index (κ2) is 6.03. The molecule has 4 heteroatoms. The summed E-state index contributed by atoms with van der Waals surface area (Å²) in [7, 11) is 0. The molecule has 1 atom stereocenters. The van der Waals surface area contributed by atoms with Gasteiger partial charge < -0.3 is 10.1 Å². The Morgan fingerprint density at radius 2 is 1.71 bits per heavy atom. The van der Waals surface area contributed by atoms with Crippen molar-refractivity contribution in [2.75, 3.05) is 5.32 Å². The van der Waals surface area contributed by atoms with Crippen LogP contribution in [0.4, 0.5) is 5.69 Å². The lowest BCUT2D eigenvalue weighted by Crippen LogP contribution is -2.31. The summed E-state index contributed by atoms with van der Waals surface area (Å²) in [5.74, 6) is -0.937. The lowest BCUT2D eigenvalue weighted by molar-refractivity contribution is -0.156. The SMILES string of the molecule is CC(C)C(=O)O[C@@H](C)C(=O)Nc1ccccc1. The average Bonchev–Trinajstić information content (AvgIpc) is 2.29. The predicted octanol–water partition coefficient (Wildman–Crippen LogP) is 2.21.